The van der Waals surface area contributed by atoms with Gasteiger partial charge in [-0.05, 0) is 17.7 Å². The number of aliphatic hydroxyl groups excluding tert-OH is 1. The van der Waals surface area contributed by atoms with Crippen LogP contribution in [0, 0.1) is 11.3 Å². The van der Waals surface area contributed by atoms with Crippen molar-refractivity contribution in [3.63, 3.8) is 0 Å². The van der Waals surface area contributed by atoms with Gasteiger partial charge in [-0.1, -0.05) is 18.2 Å². The lowest BCUT2D eigenvalue weighted by atomic mass is 10.2. The number of benzene rings is 1. The molecule has 5 nitrogen and oxygen atoms in total. The van der Waals surface area contributed by atoms with Crippen LogP contribution in [0.4, 0.5) is 0 Å². The van der Waals surface area contributed by atoms with E-state index in [0.29, 0.717) is 11.1 Å². The quantitative estimate of drug-likeness (QED) is 0.751. The van der Waals surface area contributed by atoms with Gasteiger partial charge in [-0.2, -0.15) is 9.57 Å². The Bertz CT molecular complexity index is 576. The largest absolute Gasteiger partial charge is 0.395 e. The van der Waals surface area contributed by atoms with Crippen molar-refractivity contribution in [3.8, 4) is 6.07 Å². The van der Waals surface area contributed by atoms with E-state index in [1.807, 2.05) is 6.07 Å². The molecule has 0 aliphatic carbocycles. The van der Waals surface area contributed by atoms with Crippen LogP contribution in [0.2, 0.25) is 0 Å². The van der Waals surface area contributed by atoms with E-state index < -0.39 is 10.0 Å². The predicted octanol–water partition coefficient (Wildman–Crippen LogP) is 0.868. The molecule has 19 heavy (non-hydrogen) atoms. The average molecular weight is 280 g/mol. The van der Waals surface area contributed by atoms with Crippen LogP contribution >= 0.6 is 0 Å². The maximum absolute atomic E-state index is 12.2. The SMILES string of the molecule is C=CCN(CCO)S(=O)(=O)Cc1cccc(C#N)c1. The number of nitrogens with zero attached hydrogens (tertiary/aromatic N) is 2. The first kappa shape index (κ1) is 15.4. The first-order valence-corrected chi connectivity index (χ1v) is 7.33. The number of aliphatic hydroxyl groups is 1. The predicted molar refractivity (Wildman–Crippen MR) is 72.6 cm³/mol. The highest BCUT2D eigenvalue weighted by atomic mass is 32.2. The van der Waals surface area contributed by atoms with Crippen molar-refractivity contribution in [1.82, 2.24) is 4.31 Å². The van der Waals surface area contributed by atoms with Gasteiger partial charge < -0.3 is 5.11 Å². The molecule has 0 saturated heterocycles. The van der Waals surface area contributed by atoms with Crippen LogP contribution in [0.15, 0.2) is 36.9 Å². The van der Waals surface area contributed by atoms with Gasteiger partial charge in [-0.15, -0.1) is 6.58 Å². The van der Waals surface area contributed by atoms with Crippen LogP contribution in [0.25, 0.3) is 0 Å². The van der Waals surface area contributed by atoms with Gasteiger partial charge in [0.2, 0.25) is 10.0 Å². The molecule has 0 spiro atoms. The number of sulfonamides is 1. The first-order valence-electron chi connectivity index (χ1n) is 5.72. The summed E-state index contributed by atoms with van der Waals surface area (Å²) >= 11 is 0. The van der Waals surface area contributed by atoms with Crippen molar-refractivity contribution in [1.29, 1.82) is 5.26 Å². The third kappa shape index (κ3) is 4.48. The van der Waals surface area contributed by atoms with E-state index in [-0.39, 0.29) is 25.4 Å². The first-order chi connectivity index (χ1) is 9.03. The Morgan fingerprint density at radius 2 is 2.21 bits per heavy atom. The summed E-state index contributed by atoms with van der Waals surface area (Å²) in [6, 6.07) is 8.43. The lowest BCUT2D eigenvalue weighted by Gasteiger charge is -2.19. The van der Waals surface area contributed by atoms with Crippen LogP contribution < -0.4 is 0 Å². The molecular weight excluding hydrogens is 264 g/mol. The van der Waals surface area contributed by atoms with Crippen LogP contribution in [0.3, 0.4) is 0 Å². The van der Waals surface area contributed by atoms with E-state index in [1.165, 1.54) is 10.4 Å². The molecule has 1 aromatic rings. The van der Waals surface area contributed by atoms with Crippen molar-refractivity contribution >= 4 is 10.0 Å². The zero-order chi connectivity index (χ0) is 14.3. The summed E-state index contributed by atoms with van der Waals surface area (Å²) in [5.74, 6) is -0.198. The van der Waals surface area contributed by atoms with Crippen molar-refractivity contribution in [2.24, 2.45) is 0 Å². The number of hydrogen-bond acceptors (Lipinski definition) is 4. The molecule has 1 aromatic carbocycles. The lowest BCUT2D eigenvalue weighted by Crippen LogP contribution is -2.34. The van der Waals surface area contributed by atoms with E-state index in [9.17, 15) is 8.42 Å². The second kappa shape index (κ2) is 7.04. The van der Waals surface area contributed by atoms with Crippen LogP contribution in [0.1, 0.15) is 11.1 Å². The summed E-state index contributed by atoms with van der Waals surface area (Å²) in [5, 5.41) is 17.7. The Labute approximate surface area is 113 Å². The van der Waals surface area contributed by atoms with Gasteiger partial charge in [0.15, 0.2) is 0 Å². The van der Waals surface area contributed by atoms with Gasteiger partial charge in [0, 0.05) is 13.1 Å². The van der Waals surface area contributed by atoms with Crippen LogP contribution in [-0.2, 0) is 15.8 Å². The smallest absolute Gasteiger partial charge is 0.218 e. The van der Waals surface area contributed by atoms with E-state index in [2.05, 4.69) is 6.58 Å². The van der Waals surface area contributed by atoms with Crippen LogP contribution in [0.5, 0.6) is 0 Å². The summed E-state index contributed by atoms with van der Waals surface area (Å²) in [5.41, 5.74) is 0.969. The Balaban J connectivity index is 2.93. The Morgan fingerprint density at radius 3 is 2.79 bits per heavy atom. The molecule has 0 radical (unpaired) electrons. The molecule has 1 N–H and O–H groups in total. The molecule has 102 valence electrons. The Kier molecular flexibility index (Phi) is 5.70. The molecule has 0 bridgehead atoms. The fourth-order valence-electron chi connectivity index (χ4n) is 1.63. The second-order valence-corrected chi connectivity index (χ2v) is 5.91. The third-order valence-corrected chi connectivity index (χ3v) is 4.30. The molecule has 0 aromatic heterocycles. The van der Waals surface area contributed by atoms with Gasteiger partial charge in [0.25, 0.3) is 0 Å². The van der Waals surface area contributed by atoms with E-state index >= 15 is 0 Å². The Morgan fingerprint density at radius 1 is 1.47 bits per heavy atom. The maximum atomic E-state index is 12.2. The minimum absolute atomic E-state index is 0.0340. The molecule has 6 heteroatoms. The summed E-state index contributed by atoms with van der Waals surface area (Å²) < 4.78 is 25.5. The number of hydrogen-bond donors (Lipinski definition) is 1. The maximum Gasteiger partial charge on any atom is 0.218 e. The molecule has 1 rings (SSSR count). The van der Waals surface area contributed by atoms with E-state index in [4.69, 9.17) is 10.4 Å². The summed E-state index contributed by atoms with van der Waals surface area (Å²) in [6.45, 7) is 3.44. The lowest BCUT2D eigenvalue weighted by molar-refractivity contribution is 0.260. The normalized spacial score (nSPS) is 11.2. The van der Waals surface area contributed by atoms with Crippen molar-refractivity contribution < 1.29 is 13.5 Å². The number of nitriles is 1. The third-order valence-electron chi connectivity index (χ3n) is 2.48. The summed E-state index contributed by atoms with van der Waals surface area (Å²) in [7, 11) is -3.53. The summed E-state index contributed by atoms with van der Waals surface area (Å²) in [4.78, 5) is 0. The minimum atomic E-state index is -3.53. The molecule has 0 amide bonds. The van der Waals surface area contributed by atoms with E-state index in [1.54, 1.807) is 24.3 Å². The standard InChI is InChI=1S/C13H16N2O3S/c1-2-6-15(7-8-16)19(17,18)11-13-5-3-4-12(9-13)10-14/h2-5,9,16H,1,6-8,11H2. The van der Waals surface area contributed by atoms with Gasteiger partial charge in [-0.3, -0.25) is 0 Å². The molecule has 0 saturated carbocycles. The summed E-state index contributed by atoms with van der Waals surface area (Å²) in [6.07, 6.45) is 1.47. The topological polar surface area (TPSA) is 81.4 Å². The molecule has 0 heterocycles. The average Bonchev–Trinajstić information content (AvgIpc) is 2.38. The van der Waals surface area contributed by atoms with Gasteiger partial charge in [0.05, 0.1) is 24.0 Å². The highest BCUT2D eigenvalue weighted by Crippen LogP contribution is 2.12. The van der Waals surface area contributed by atoms with Crippen LogP contribution in [-0.4, -0.2) is 37.5 Å². The fourth-order valence-corrected chi connectivity index (χ4v) is 3.11. The highest BCUT2D eigenvalue weighted by Gasteiger charge is 2.20. The molecule has 0 aliphatic heterocycles. The molecule has 0 unspecified atom stereocenters. The Hall–Kier alpha value is -1.68. The molecule has 0 fully saturated rings. The molecule has 0 atom stereocenters. The van der Waals surface area contributed by atoms with Crippen molar-refractivity contribution in [2.75, 3.05) is 19.7 Å². The molecule has 0 aliphatic rings. The van der Waals surface area contributed by atoms with Gasteiger partial charge >= 0.3 is 0 Å². The van der Waals surface area contributed by atoms with Gasteiger partial charge in [0.1, 0.15) is 0 Å². The zero-order valence-corrected chi connectivity index (χ0v) is 11.3. The fraction of sp³-hybridized carbons (Fsp3) is 0.308. The number of rotatable bonds is 7. The second-order valence-electron chi connectivity index (χ2n) is 3.94. The van der Waals surface area contributed by atoms with E-state index in [0.717, 1.165) is 0 Å². The van der Waals surface area contributed by atoms with Gasteiger partial charge in [-0.25, -0.2) is 8.42 Å². The monoisotopic (exact) mass is 280 g/mol. The zero-order valence-electron chi connectivity index (χ0n) is 10.5. The highest BCUT2D eigenvalue weighted by molar-refractivity contribution is 7.88. The molecular formula is C13H16N2O3S. The minimum Gasteiger partial charge on any atom is -0.395 e. The van der Waals surface area contributed by atoms with Crippen molar-refractivity contribution in [2.45, 2.75) is 5.75 Å². The van der Waals surface area contributed by atoms with Crippen molar-refractivity contribution in [3.05, 3.63) is 48.0 Å².